The summed E-state index contributed by atoms with van der Waals surface area (Å²) in [6.07, 6.45) is 0. The summed E-state index contributed by atoms with van der Waals surface area (Å²) < 4.78 is 5.43. The fourth-order valence-electron chi connectivity index (χ4n) is 2.37. The molecule has 1 aromatic heterocycles. The average molecular weight is 317 g/mol. The van der Waals surface area contributed by atoms with Crippen molar-refractivity contribution in [2.24, 2.45) is 0 Å². The predicted octanol–water partition coefficient (Wildman–Crippen LogP) is 2.95. The molecule has 0 atom stereocenters. The second-order valence-electron chi connectivity index (χ2n) is 5.17. The highest BCUT2D eigenvalue weighted by molar-refractivity contribution is 5.96. The minimum atomic E-state index is -0.443. The van der Waals surface area contributed by atoms with E-state index < -0.39 is 4.92 Å². The van der Waals surface area contributed by atoms with Crippen LogP contribution in [-0.4, -0.2) is 23.9 Å². The molecule has 0 aliphatic rings. The Morgan fingerprint density at radius 1 is 1.17 bits per heavy atom. The van der Waals surface area contributed by atoms with Gasteiger partial charge >= 0.3 is 0 Å². The SMILES string of the molecule is Cc1oc(C)c(C(=O)NCCNc2ccccc2[N+](=O)[O-])c1C. The van der Waals surface area contributed by atoms with Gasteiger partial charge in [0.15, 0.2) is 0 Å². The summed E-state index contributed by atoms with van der Waals surface area (Å²) in [5.74, 6) is 1.11. The number of nitro groups is 1. The lowest BCUT2D eigenvalue weighted by Gasteiger charge is -2.08. The second kappa shape index (κ2) is 6.95. The maximum atomic E-state index is 12.2. The molecule has 0 unspecified atom stereocenters. The number of para-hydroxylation sites is 2. The van der Waals surface area contributed by atoms with Gasteiger partial charge in [-0.05, 0) is 26.8 Å². The number of benzene rings is 1. The summed E-state index contributed by atoms with van der Waals surface area (Å²) in [5.41, 5.74) is 1.81. The Hall–Kier alpha value is -2.83. The van der Waals surface area contributed by atoms with Crippen LogP contribution in [0.25, 0.3) is 0 Å². The highest BCUT2D eigenvalue weighted by Gasteiger charge is 2.18. The van der Waals surface area contributed by atoms with Crippen LogP contribution in [0.2, 0.25) is 0 Å². The number of hydrogen-bond acceptors (Lipinski definition) is 5. The van der Waals surface area contributed by atoms with Gasteiger partial charge in [-0.25, -0.2) is 0 Å². The molecule has 0 aliphatic carbocycles. The van der Waals surface area contributed by atoms with Gasteiger partial charge in [-0.3, -0.25) is 14.9 Å². The van der Waals surface area contributed by atoms with Gasteiger partial charge in [0.1, 0.15) is 17.2 Å². The van der Waals surface area contributed by atoms with E-state index in [9.17, 15) is 14.9 Å². The number of anilines is 1. The molecule has 1 aromatic carbocycles. The minimum absolute atomic E-state index is 0.0102. The van der Waals surface area contributed by atoms with Crippen molar-refractivity contribution in [3.05, 3.63) is 57.0 Å². The lowest BCUT2D eigenvalue weighted by Crippen LogP contribution is -2.29. The van der Waals surface area contributed by atoms with Crippen LogP contribution in [0.5, 0.6) is 0 Å². The predicted molar refractivity (Wildman–Crippen MR) is 86.8 cm³/mol. The Bertz CT molecular complexity index is 737. The number of nitro benzene ring substituents is 1. The van der Waals surface area contributed by atoms with Crippen LogP contribution in [-0.2, 0) is 0 Å². The maximum absolute atomic E-state index is 12.2. The van der Waals surface area contributed by atoms with Crippen LogP contribution < -0.4 is 10.6 Å². The number of carbonyl (C=O) groups excluding carboxylic acids is 1. The zero-order valence-electron chi connectivity index (χ0n) is 13.3. The van der Waals surface area contributed by atoms with E-state index in [1.807, 2.05) is 13.8 Å². The van der Waals surface area contributed by atoms with E-state index in [2.05, 4.69) is 10.6 Å². The van der Waals surface area contributed by atoms with E-state index in [-0.39, 0.29) is 11.6 Å². The van der Waals surface area contributed by atoms with Gasteiger partial charge in [-0.15, -0.1) is 0 Å². The molecule has 0 aliphatic heterocycles. The lowest BCUT2D eigenvalue weighted by molar-refractivity contribution is -0.384. The number of carbonyl (C=O) groups is 1. The number of rotatable bonds is 6. The molecular weight excluding hydrogens is 298 g/mol. The zero-order chi connectivity index (χ0) is 17.0. The Morgan fingerprint density at radius 2 is 1.87 bits per heavy atom. The maximum Gasteiger partial charge on any atom is 0.292 e. The van der Waals surface area contributed by atoms with Crippen molar-refractivity contribution in [1.82, 2.24) is 5.32 Å². The second-order valence-corrected chi connectivity index (χ2v) is 5.17. The van der Waals surface area contributed by atoms with E-state index in [0.29, 0.717) is 30.1 Å². The van der Waals surface area contributed by atoms with Gasteiger partial charge < -0.3 is 15.1 Å². The largest absolute Gasteiger partial charge is 0.466 e. The fraction of sp³-hybridized carbons (Fsp3) is 0.312. The highest BCUT2D eigenvalue weighted by atomic mass is 16.6. The minimum Gasteiger partial charge on any atom is -0.466 e. The molecule has 2 aromatic rings. The monoisotopic (exact) mass is 317 g/mol. The van der Waals surface area contributed by atoms with E-state index in [0.717, 1.165) is 11.3 Å². The number of aryl methyl sites for hydroxylation is 2. The summed E-state index contributed by atoms with van der Waals surface area (Å²) in [5, 5.41) is 16.6. The van der Waals surface area contributed by atoms with Gasteiger partial charge in [0.05, 0.1) is 10.5 Å². The lowest BCUT2D eigenvalue weighted by atomic mass is 10.1. The van der Waals surface area contributed by atoms with Crippen molar-refractivity contribution < 1.29 is 14.1 Å². The number of nitrogens with zero attached hydrogens (tertiary/aromatic N) is 1. The van der Waals surface area contributed by atoms with Gasteiger partial charge in [0.25, 0.3) is 11.6 Å². The summed E-state index contributed by atoms with van der Waals surface area (Å²) in [7, 11) is 0. The standard InChI is InChI=1S/C16H19N3O4/c1-10-11(2)23-12(3)15(10)16(20)18-9-8-17-13-6-4-5-7-14(13)19(21)22/h4-7,17H,8-9H2,1-3H3,(H,18,20). The molecule has 23 heavy (non-hydrogen) atoms. The van der Waals surface area contributed by atoms with Crippen LogP contribution in [0.3, 0.4) is 0 Å². The molecule has 0 saturated heterocycles. The average Bonchev–Trinajstić information content (AvgIpc) is 2.76. The van der Waals surface area contributed by atoms with Crippen LogP contribution in [0.4, 0.5) is 11.4 Å². The highest BCUT2D eigenvalue weighted by Crippen LogP contribution is 2.23. The van der Waals surface area contributed by atoms with Crippen LogP contribution in [0.15, 0.2) is 28.7 Å². The summed E-state index contributed by atoms with van der Waals surface area (Å²) in [4.78, 5) is 22.6. The molecule has 1 heterocycles. The van der Waals surface area contributed by atoms with Crippen LogP contribution >= 0.6 is 0 Å². The molecule has 0 spiro atoms. The first-order chi connectivity index (χ1) is 10.9. The van der Waals surface area contributed by atoms with Gasteiger partial charge in [0.2, 0.25) is 0 Å². The Labute approximate surface area is 133 Å². The Morgan fingerprint density at radius 3 is 2.48 bits per heavy atom. The van der Waals surface area contributed by atoms with E-state index in [4.69, 9.17) is 4.42 Å². The molecule has 1 amide bonds. The normalized spacial score (nSPS) is 10.4. The summed E-state index contributed by atoms with van der Waals surface area (Å²) >= 11 is 0. The van der Waals surface area contributed by atoms with Crippen molar-refractivity contribution >= 4 is 17.3 Å². The summed E-state index contributed by atoms with van der Waals surface area (Å²) in [6.45, 7) is 6.13. The Kier molecular flexibility index (Phi) is 5.00. The molecule has 0 bridgehead atoms. The van der Waals surface area contributed by atoms with Gasteiger partial charge in [-0.1, -0.05) is 12.1 Å². The van der Waals surface area contributed by atoms with Crippen LogP contribution in [0, 0.1) is 30.9 Å². The van der Waals surface area contributed by atoms with Gasteiger partial charge in [-0.2, -0.15) is 0 Å². The van der Waals surface area contributed by atoms with Crippen molar-refractivity contribution in [3.8, 4) is 0 Å². The third-order valence-electron chi connectivity index (χ3n) is 3.62. The van der Waals surface area contributed by atoms with Crippen molar-refractivity contribution in [2.45, 2.75) is 20.8 Å². The topological polar surface area (TPSA) is 97.4 Å². The molecule has 0 saturated carbocycles. The molecule has 7 nitrogen and oxygen atoms in total. The number of nitrogens with one attached hydrogen (secondary N) is 2. The summed E-state index contributed by atoms with van der Waals surface area (Å²) in [6, 6.07) is 6.39. The first-order valence-electron chi connectivity index (χ1n) is 7.24. The molecule has 7 heteroatoms. The number of furan rings is 1. The fourth-order valence-corrected chi connectivity index (χ4v) is 2.37. The molecule has 2 rings (SSSR count). The van der Waals surface area contributed by atoms with Crippen molar-refractivity contribution in [3.63, 3.8) is 0 Å². The number of hydrogen-bond donors (Lipinski definition) is 2. The Balaban J connectivity index is 1.91. The molecule has 2 N–H and O–H groups in total. The quantitative estimate of drug-likeness (QED) is 0.485. The van der Waals surface area contributed by atoms with E-state index in [1.165, 1.54) is 6.07 Å². The first-order valence-corrected chi connectivity index (χ1v) is 7.24. The third kappa shape index (κ3) is 3.68. The van der Waals surface area contributed by atoms with E-state index in [1.54, 1.807) is 25.1 Å². The third-order valence-corrected chi connectivity index (χ3v) is 3.62. The first kappa shape index (κ1) is 16.5. The number of amides is 1. The zero-order valence-corrected chi connectivity index (χ0v) is 13.3. The molecule has 0 fully saturated rings. The molecular formula is C16H19N3O4. The molecule has 122 valence electrons. The van der Waals surface area contributed by atoms with Crippen molar-refractivity contribution in [1.29, 1.82) is 0 Å². The van der Waals surface area contributed by atoms with Crippen molar-refractivity contribution in [2.75, 3.05) is 18.4 Å². The van der Waals surface area contributed by atoms with Crippen LogP contribution in [0.1, 0.15) is 27.4 Å². The van der Waals surface area contributed by atoms with Gasteiger partial charge in [0, 0.05) is 24.7 Å². The smallest absolute Gasteiger partial charge is 0.292 e. The van der Waals surface area contributed by atoms with E-state index >= 15 is 0 Å². The molecule has 0 radical (unpaired) electrons.